The van der Waals surface area contributed by atoms with Gasteiger partial charge in [0.1, 0.15) is 0 Å². The van der Waals surface area contributed by atoms with Crippen molar-refractivity contribution in [2.75, 3.05) is 12.3 Å². The highest BCUT2D eigenvalue weighted by Crippen LogP contribution is 2.23. The second-order valence-electron chi connectivity index (χ2n) is 4.51. The van der Waals surface area contributed by atoms with Crippen LogP contribution in [-0.4, -0.2) is 17.6 Å². The number of hydrogen-bond donors (Lipinski definition) is 1. The molecule has 0 aliphatic heterocycles. The Morgan fingerprint density at radius 2 is 1.61 bits per heavy atom. The summed E-state index contributed by atoms with van der Waals surface area (Å²) in [4.78, 5) is 15.6. The van der Waals surface area contributed by atoms with Crippen molar-refractivity contribution in [3.8, 4) is 11.1 Å². The quantitative estimate of drug-likeness (QED) is 0.642. The highest BCUT2D eigenvalue weighted by atomic mass is 16.5. The van der Waals surface area contributed by atoms with Crippen LogP contribution in [0.3, 0.4) is 0 Å². The fourth-order valence-electron chi connectivity index (χ4n) is 1.69. The van der Waals surface area contributed by atoms with Crippen LogP contribution in [0.4, 0.5) is 5.69 Å². The fourth-order valence-corrected chi connectivity index (χ4v) is 1.69. The van der Waals surface area contributed by atoms with Gasteiger partial charge in [0.15, 0.2) is 0 Å². The molecule has 1 heterocycles. The molecule has 2 rings (SSSR count). The Labute approximate surface area is 139 Å². The summed E-state index contributed by atoms with van der Waals surface area (Å²) in [6, 6.07) is 8.93. The van der Waals surface area contributed by atoms with Crippen LogP contribution in [-0.2, 0) is 4.74 Å². The molecule has 23 heavy (non-hydrogen) atoms. The summed E-state index contributed by atoms with van der Waals surface area (Å²) in [7, 11) is 0. The number of nitrogens with zero attached hydrogens (tertiary/aromatic N) is 1. The molecule has 4 nitrogen and oxygen atoms in total. The van der Waals surface area contributed by atoms with Gasteiger partial charge in [-0.05, 0) is 48.4 Å². The molecule has 0 aliphatic carbocycles. The summed E-state index contributed by atoms with van der Waals surface area (Å²) >= 11 is 0. The number of ether oxygens (including phenoxy) is 1. The highest BCUT2D eigenvalue weighted by molar-refractivity contribution is 5.92. The lowest BCUT2D eigenvalue weighted by molar-refractivity contribution is 0.0526. The molecule has 0 atom stereocenters. The summed E-state index contributed by atoms with van der Waals surface area (Å²) in [6.45, 7) is 10.4. The Morgan fingerprint density at radius 3 is 2.13 bits per heavy atom. The van der Waals surface area contributed by atoms with E-state index in [1.54, 1.807) is 31.5 Å². The minimum atomic E-state index is -0.361. The third kappa shape index (κ3) is 7.45. The lowest BCUT2D eigenvalue weighted by atomic mass is 10.0. The molecule has 1 aromatic heterocycles. The number of carbonyl (C=O) groups excluding carboxylic acids is 1. The van der Waals surface area contributed by atoms with E-state index in [-0.39, 0.29) is 5.97 Å². The third-order valence-corrected chi connectivity index (χ3v) is 2.48. The van der Waals surface area contributed by atoms with Gasteiger partial charge in [-0.2, -0.15) is 0 Å². The standard InChI is InChI=1S/C14H14N2O2.C3H8.C2H6/c1-2-18-14(17)12-7-11(8-13(15)9-12)10-3-5-16-6-4-10;1-3-2;1-2/h3-9H,2,15H2,1H3;3H2,1-2H3;1-2H3. The van der Waals surface area contributed by atoms with Gasteiger partial charge in [-0.1, -0.05) is 34.1 Å². The SMILES string of the molecule is CC.CCC.CCOC(=O)c1cc(N)cc(-c2ccncc2)c1. The van der Waals surface area contributed by atoms with Crippen LogP contribution in [0, 0.1) is 0 Å². The average Bonchev–Trinajstić information content (AvgIpc) is 2.58. The molecule has 0 spiro atoms. The van der Waals surface area contributed by atoms with E-state index in [4.69, 9.17) is 10.5 Å². The number of esters is 1. The molecule has 0 radical (unpaired) electrons. The van der Waals surface area contributed by atoms with Gasteiger partial charge in [0.25, 0.3) is 0 Å². The predicted molar refractivity (Wildman–Crippen MR) is 97.4 cm³/mol. The normalized spacial score (nSPS) is 8.91. The van der Waals surface area contributed by atoms with Crippen molar-refractivity contribution in [3.63, 3.8) is 0 Å². The van der Waals surface area contributed by atoms with E-state index < -0.39 is 0 Å². The van der Waals surface area contributed by atoms with Gasteiger partial charge >= 0.3 is 5.97 Å². The van der Waals surface area contributed by atoms with Gasteiger partial charge in [-0.3, -0.25) is 4.98 Å². The van der Waals surface area contributed by atoms with Crippen molar-refractivity contribution in [2.45, 2.75) is 41.0 Å². The summed E-state index contributed by atoms with van der Waals surface area (Å²) in [5.41, 5.74) is 8.64. The maximum atomic E-state index is 11.7. The lowest BCUT2D eigenvalue weighted by Gasteiger charge is -2.07. The summed E-state index contributed by atoms with van der Waals surface area (Å²) < 4.78 is 4.97. The molecule has 1 aromatic carbocycles. The first-order valence-corrected chi connectivity index (χ1v) is 8.10. The van der Waals surface area contributed by atoms with Crippen molar-refractivity contribution < 1.29 is 9.53 Å². The van der Waals surface area contributed by atoms with E-state index in [0.29, 0.717) is 17.9 Å². The highest BCUT2D eigenvalue weighted by Gasteiger charge is 2.09. The molecular weight excluding hydrogens is 288 g/mol. The summed E-state index contributed by atoms with van der Waals surface area (Å²) in [6.07, 6.45) is 4.64. The Balaban J connectivity index is 0.000000868. The van der Waals surface area contributed by atoms with E-state index in [0.717, 1.165) is 11.1 Å². The van der Waals surface area contributed by atoms with Gasteiger partial charge in [-0.15, -0.1) is 0 Å². The minimum Gasteiger partial charge on any atom is -0.462 e. The van der Waals surface area contributed by atoms with E-state index in [1.165, 1.54) is 6.42 Å². The second kappa shape index (κ2) is 12.2. The van der Waals surface area contributed by atoms with E-state index in [9.17, 15) is 4.79 Å². The number of hydrogen-bond acceptors (Lipinski definition) is 4. The first-order chi connectivity index (χ1) is 11.1. The fraction of sp³-hybridized carbons (Fsp3) is 0.368. The number of nitrogens with two attached hydrogens (primary N) is 1. The zero-order chi connectivity index (χ0) is 17.7. The topological polar surface area (TPSA) is 65.2 Å². The number of carbonyl (C=O) groups is 1. The van der Waals surface area contributed by atoms with Crippen LogP contribution in [0.5, 0.6) is 0 Å². The molecular formula is C19H28N2O2. The number of pyridine rings is 1. The largest absolute Gasteiger partial charge is 0.462 e. The molecule has 0 fully saturated rings. The number of nitrogen functional groups attached to an aromatic ring is 1. The number of aromatic nitrogens is 1. The molecule has 126 valence electrons. The zero-order valence-electron chi connectivity index (χ0n) is 14.8. The molecule has 4 heteroatoms. The Kier molecular flexibility index (Phi) is 11.0. The van der Waals surface area contributed by atoms with Crippen molar-refractivity contribution >= 4 is 11.7 Å². The number of rotatable bonds is 3. The van der Waals surface area contributed by atoms with Crippen LogP contribution in [0.2, 0.25) is 0 Å². The van der Waals surface area contributed by atoms with Gasteiger partial charge < -0.3 is 10.5 Å². The molecule has 2 N–H and O–H groups in total. The maximum absolute atomic E-state index is 11.7. The Bertz CT molecular complexity index is 569. The lowest BCUT2D eigenvalue weighted by Crippen LogP contribution is -2.05. The van der Waals surface area contributed by atoms with Crippen molar-refractivity contribution in [1.29, 1.82) is 0 Å². The zero-order valence-corrected chi connectivity index (χ0v) is 14.8. The molecule has 0 amide bonds. The van der Waals surface area contributed by atoms with Gasteiger partial charge in [0, 0.05) is 18.1 Å². The molecule has 0 saturated carbocycles. The van der Waals surface area contributed by atoms with Crippen LogP contribution in [0.1, 0.15) is 51.4 Å². The average molecular weight is 316 g/mol. The van der Waals surface area contributed by atoms with Crippen molar-refractivity contribution in [1.82, 2.24) is 4.98 Å². The summed E-state index contributed by atoms with van der Waals surface area (Å²) in [5, 5.41) is 0. The summed E-state index contributed by atoms with van der Waals surface area (Å²) in [5.74, 6) is -0.361. The van der Waals surface area contributed by atoms with Crippen LogP contribution >= 0.6 is 0 Å². The number of benzene rings is 1. The van der Waals surface area contributed by atoms with Gasteiger partial charge in [0.2, 0.25) is 0 Å². The predicted octanol–water partition coefficient (Wildman–Crippen LogP) is 4.95. The molecule has 2 aromatic rings. The smallest absolute Gasteiger partial charge is 0.338 e. The molecule has 0 saturated heterocycles. The van der Waals surface area contributed by atoms with E-state index in [2.05, 4.69) is 18.8 Å². The molecule has 0 aliphatic rings. The van der Waals surface area contributed by atoms with Crippen LogP contribution in [0.25, 0.3) is 11.1 Å². The van der Waals surface area contributed by atoms with Crippen molar-refractivity contribution in [3.05, 3.63) is 48.3 Å². The first kappa shape index (κ1) is 20.6. The first-order valence-electron chi connectivity index (χ1n) is 8.10. The van der Waals surface area contributed by atoms with E-state index >= 15 is 0 Å². The Morgan fingerprint density at radius 1 is 1.04 bits per heavy atom. The number of anilines is 1. The Hall–Kier alpha value is -2.36. The second-order valence-corrected chi connectivity index (χ2v) is 4.51. The maximum Gasteiger partial charge on any atom is 0.338 e. The van der Waals surface area contributed by atoms with Crippen molar-refractivity contribution in [2.24, 2.45) is 0 Å². The van der Waals surface area contributed by atoms with E-state index in [1.807, 2.05) is 32.0 Å². The van der Waals surface area contributed by atoms with Gasteiger partial charge in [0.05, 0.1) is 12.2 Å². The third-order valence-electron chi connectivity index (χ3n) is 2.48. The molecule has 0 unspecified atom stereocenters. The minimum absolute atomic E-state index is 0.345. The van der Waals surface area contributed by atoms with Crippen LogP contribution in [0.15, 0.2) is 42.7 Å². The van der Waals surface area contributed by atoms with Crippen LogP contribution < -0.4 is 5.73 Å². The monoisotopic (exact) mass is 316 g/mol. The van der Waals surface area contributed by atoms with Gasteiger partial charge in [-0.25, -0.2) is 4.79 Å². The molecule has 0 bridgehead atoms.